The van der Waals surface area contributed by atoms with Gasteiger partial charge in [-0.25, -0.2) is 0 Å². The van der Waals surface area contributed by atoms with Crippen molar-refractivity contribution in [1.29, 1.82) is 0 Å². The molecule has 0 bridgehead atoms. The predicted molar refractivity (Wildman–Crippen MR) is 89.6 cm³/mol. The second kappa shape index (κ2) is 10.8. The fourth-order valence-electron chi connectivity index (χ4n) is 1.90. The molecule has 0 radical (unpaired) electrons. The Morgan fingerprint density at radius 3 is 2.76 bits per heavy atom. The highest BCUT2D eigenvalue weighted by molar-refractivity contribution is 5.28. The molecule has 2 heteroatoms. The Morgan fingerprint density at radius 2 is 2.05 bits per heavy atom. The van der Waals surface area contributed by atoms with Crippen LogP contribution in [0.1, 0.15) is 31.7 Å². The van der Waals surface area contributed by atoms with Crippen molar-refractivity contribution >= 4 is 0 Å². The number of allylic oxidation sites excluding steroid dienone is 3. The smallest absolute Gasteiger partial charge is 0.119 e. The molecule has 114 valence electrons. The molecule has 0 saturated heterocycles. The summed E-state index contributed by atoms with van der Waals surface area (Å²) in [5.74, 6) is 1.68. The number of benzene rings is 1. The van der Waals surface area contributed by atoms with Gasteiger partial charge in [-0.15, -0.1) is 0 Å². The summed E-state index contributed by atoms with van der Waals surface area (Å²) in [5.41, 5.74) is 1.34. The number of rotatable bonds is 11. The third-order valence-corrected chi connectivity index (χ3v) is 3.03. The monoisotopic (exact) mass is 286 g/mol. The molecule has 0 heterocycles. The first kappa shape index (κ1) is 17.1. The third kappa shape index (κ3) is 7.40. The van der Waals surface area contributed by atoms with Crippen LogP contribution in [0.15, 0.2) is 61.4 Å². The first-order valence-electron chi connectivity index (χ1n) is 7.59. The van der Waals surface area contributed by atoms with Gasteiger partial charge in [0.25, 0.3) is 0 Å². The Kier molecular flexibility index (Phi) is 8.78. The summed E-state index contributed by atoms with van der Waals surface area (Å²) in [4.78, 5) is 0. The van der Waals surface area contributed by atoms with Gasteiger partial charge in [0.05, 0.1) is 13.2 Å². The summed E-state index contributed by atoms with van der Waals surface area (Å²) in [6.07, 6.45) is 9.55. The number of unbranched alkanes of at least 4 members (excludes halogenated alkanes) is 1. The second-order valence-electron chi connectivity index (χ2n) is 4.81. The van der Waals surface area contributed by atoms with Crippen molar-refractivity contribution in [2.24, 2.45) is 0 Å². The van der Waals surface area contributed by atoms with Crippen LogP contribution in [-0.2, 0) is 11.2 Å². The van der Waals surface area contributed by atoms with Gasteiger partial charge in [-0.3, -0.25) is 0 Å². The Labute approximate surface area is 128 Å². The van der Waals surface area contributed by atoms with Gasteiger partial charge >= 0.3 is 0 Å². The molecule has 0 saturated carbocycles. The number of ether oxygens (including phenoxy) is 2. The zero-order valence-electron chi connectivity index (χ0n) is 13.0. The summed E-state index contributed by atoms with van der Waals surface area (Å²) in [5, 5.41) is 0. The summed E-state index contributed by atoms with van der Waals surface area (Å²) in [6, 6.07) is 8.34. The van der Waals surface area contributed by atoms with Crippen LogP contribution in [0, 0.1) is 0 Å². The summed E-state index contributed by atoms with van der Waals surface area (Å²) in [6.45, 7) is 10.8. The van der Waals surface area contributed by atoms with E-state index in [-0.39, 0.29) is 0 Å². The zero-order chi connectivity index (χ0) is 15.3. The Balaban J connectivity index is 2.27. The van der Waals surface area contributed by atoms with E-state index in [4.69, 9.17) is 9.47 Å². The van der Waals surface area contributed by atoms with Gasteiger partial charge in [-0.2, -0.15) is 0 Å². The van der Waals surface area contributed by atoms with Gasteiger partial charge in [0.15, 0.2) is 0 Å². The Morgan fingerprint density at radius 1 is 1.19 bits per heavy atom. The lowest BCUT2D eigenvalue weighted by Gasteiger charge is -2.09. The molecule has 0 aromatic heterocycles. The van der Waals surface area contributed by atoms with Crippen LogP contribution in [0.25, 0.3) is 0 Å². The fourth-order valence-corrected chi connectivity index (χ4v) is 1.90. The van der Waals surface area contributed by atoms with Gasteiger partial charge in [-0.1, -0.05) is 44.7 Å². The molecule has 0 aliphatic heterocycles. The minimum absolute atomic E-state index is 0.612. The number of hydrogen-bond acceptors (Lipinski definition) is 2. The lowest BCUT2D eigenvalue weighted by Crippen LogP contribution is -2.03. The van der Waals surface area contributed by atoms with Crippen molar-refractivity contribution in [3.63, 3.8) is 0 Å². The van der Waals surface area contributed by atoms with Gasteiger partial charge in [0.2, 0.25) is 0 Å². The standard InChI is InChI=1S/C19H26O2/c1-4-7-11-17-12-8-13-19(16-17)21-15-9-14-20-18(6-3)10-5-2/h5-6,8,10,12-13,16H,2-4,7,9,11,14-15H2,1H3/b18-10+. The third-order valence-electron chi connectivity index (χ3n) is 3.03. The van der Waals surface area contributed by atoms with Crippen molar-refractivity contribution in [1.82, 2.24) is 0 Å². The maximum Gasteiger partial charge on any atom is 0.119 e. The molecule has 0 fully saturated rings. The molecule has 2 nitrogen and oxygen atoms in total. The SMILES string of the molecule is C=C/C=C(\C=C)OCCCOc1cccc(CCCC)c1. The van der Waals surface area contributed by atoms with Gasteiger partial charge in [0.1, 0.15) is 11.5 Å². The van der Waals surface area contributed by atoms with Crippen molar-refractivity contribution in [3.8, 4) is 5.75 Å². The number of hydrogen-bond donors (Lipinski definition) is 0. The first-order chi connectivity index (χ1) is 10.3. The summed E-state index contributed by atoms with van der Waals surface area (Å²) >= 11 is 0. The van der Waals surface area contributed by atoms with E-state index < -0.39 is 0 Å². The topological polar surface area (TPSA) is 18.5 Å². The van der Waals surface area contributed by atoms with Crippen LogP contribution < -0.4 is 4.74 Å². The molecule has 1 aromatic rings. The fraction of sp³-hybridized carbons (Fsp3) is 0.368. The van der Waals surface area contributed by atoms with E-state index >= 15 is 0 Å². The molecule has 0 atom stereocenters. The van der Waals surface area contributed by atoms with Gasteiger partial charge in [0, 0.05) is 6.42 Å². The summed E-state index contributed by atoms with van der Waals surface area (Å²) in [7, 11) is 0. The van der Waals surface area contributed by atoms with E-state index in [1.807, 2.05) is 6.07 Å². The molecule has 0 amide bonds. The molecular formula is C19H26O2. The molecule has 21 heavy (non-hydrogen) atoms. The van der Waals surface area contributed by atoms with E-state index in [0.717, 1.165) is 24.4 Å². The van der Waals surface area contributed by atoms with Crippen LogP contribution in [0.4, 0.5) is 0 Å². The van der Waals surface area contributed by atoms with Gasteiger partial charge < -0.3 is 9.47 Å². The minimum atomic E-state index is 0.612. The summed E-state index contributed by atoms with van der Waals surface area (Å²) < 4.78 is 11.3. The van der Waals surface area contributed by atoms with E-state index in [1.165, 1.54) is 18.4 Å². The van der Waals surface area contributed by atoms with E-state index in [9.17, 15) is 0 Å². The van der Waals surface area contributed by atoms with Crippen molar-refractivity contribution in [2.75, 3.05) is 13.2 Å². The molecule has 0 aliphatic rings. The normalized spacial score (nSPS) is 11.0. The van der Waals surface area contributed by atoms with Crippen LogP contribution >= 0.6 is 0 Å². The molecular weight excluding hydrogens is 260 g/mol. The molecule has 1 rings (SSSR count). The van der Waals surface area contributed by atoms with Crippen molar-refractivity contribution in [2.45, 2.75) is 32.6 Å². The Hall–Kier alpha value is -1.96. The lowest BCUT2D eigenvalue weighted by molar-refractivity contribution is 0.192. The highest BCUT2D eigenvalue weighted by Crippen LogP contribution is 2.15. The average molecular weight is 286 g/mol. The maximum absolute atomic E-state index is 5.76. The van der Waals surface area contributed by atoms with Crippen LogP contribution in [0.2, 0.25) is 0 Å². The average Bonchev–Trinajstić information content (AvgIpc) is 2.52. The van der Waals surface area contributed by atoms with Crippen molar-refractivity contribution < 1.29 is 9.47 Å². The minimum Gasteiger partial charge on any atom is -0.493 e. The molecule has 0 N–H and O–H groups in total. The van der Waals surface area contributed by atoms with E-state index in [2.05, 4.69) is 38.3 Å². The highest BCUT2D eigenvalue weighted by atomic mass is 16.5. The van der Waals surface area contributed by atoms with E-state index in [0.29, 0.717) is 13.2 Å². The van der Waals surface area contributed by atoms with Crippen LogP contribution in [-0.4, -0.2) is 13.2 Å². The van der Waals surface area contributed by atoms with Crippen LogP contribution in [0.5, 0.6) is 5.75 Å². The van der Waals surface area contributed by atoms with E-state index in [1.54, 1.807) is 18.2 Å². The van der Waals surface area contributed by atoms with Crippen molar-refractivity contribution in [3.05, 3.63) is 67.0 Å². The maximum atomic E-state index is 5.76. The molecule has 0 aliphatic carbocycles. The largest absolute Gasteiger partial charge is 0.493 e. The molecule has 1 aromatic carbocycles. The lowest BCUT2D eigenvalue weighted by atomic mass is 10.1. The second-order valence-corrected chi connectivity index (χ2v) is 4.81. The highest BCUT2D eigenvalue weighted by Gasteiger charge is 1.98. The quantitative estimate of drug-likeness (QED) is 0.321. The predicted octanol–water partition coefficient (Wildman–Crippen LogP) is 5.07. The van der Waals surface area contributed by atoms with Gasteiger partial charge in [-0.05, 0) is 42.7 Å². The number of aryl methyl sites for hydroxylation is 1. The van der Waals surface area contributed by atoms with Crippen LogP contribution in [0.3, 0.4) is 0 Å². The zero-order valence-corrected chi connectivity index (χ0v) is 13.0. The Bertz CT molecular complexity index is 460. The first-order valence-corrected chi connectivity index (χ1v) is 7.59. The molecule has 0 spiro atoms. The molecule has 0 unspecified atom stereocenters.